The fraction of sp³-hybridized carbons (Fsp3) is 0.442. The van der Waals surface area contributed by atoms with Crippen molar-refractivity contribution in [3.8, 4) is 22.4 Å². The molecule has 14 nitrogen and oxygen atoms in total. The SMILES string of the molecule is CCC.CCC.CNCC(=O)NCCCCc1ncc(-c2ccc3c(-c4ccc5nc(CCCCNC(=O)CNC(=O)OC)[nH]c5c4)cccc3c2)[nH]1.COC=O. The normalized spacial score (nSPS) is 10.2. The summed E-state index contributed by atoms with van der Waals surface area (Å²) in [6.07, 6.45) is 8.84. The van der Waals surface area contributed by atoms with Gasteiger partial charge in [0.2, 0.25) is 11.8 Å². The molecule has 3 amide bonds. The van der Waals surface area contributed by atoms with E-state index in [1.807, 2.05) is 6.20 Å². The summed E-state index contributed by atoms with van der Waals surface area (Å²) < 4.78 is 8.32. The van der Waals surface area contributed by atoms with E-state index < -0.39 is 6.09 Å². The number of ether oxygens (including phenoxy) is 2. The van der Waals surface area contributed by atoms with E-state index in [-0.39, 0.29) is 18.4 Å². The van der Waals surface area contributed by atoms with Gasteiger partial charge in [-0.15, -0.1) is 0 Å². The third-order valence-corrected chi connectivity index (χ3v) is 8.00. The minimum absolute atomic E-state index is 0.0148. The van der Waals surface area contributed by atoms with E-state index in [4.69, 9.17) is 9.78 Å². The predicted octanol–water partition coefficient (Wildman–Crippen LogP) is 6.85. The number of aromatic amines is 2. The molecule has 5 rings (SSSR count). The summed E-state index contributed by atoms with van der Waals surface area (Å²) in [6, 6.07) is 19.2. The molecule has 2 heterocycles. The van der Waals surface area contributed by atoms with Crippen LogP contribution in [0.2, 0.25) is 0 Å². The van der Waals surface area contributed by atoms with Gasteiger partial charge in [0, 0.05) is 31.5 Å². The van der Waals surface area contributed by atoms with Gasteiger partial charge in [-0.05, 0) is 72.8 Å². The highest BCUT2D eigenvalue weighted by atomic mass is 16.5. The first-order valence-electron chi connectivity index (χ1n) is 19.7. The predicted molar refractivity (Wildman–Crippen MR) is 228 cm³/mol. The number of fused-ring (bicyclic) bond motifs is 2. The summed E-state index contributed by atoms with van der Waals surface area (Å²) in [5.41, 5.74) is 6.23. The number of benzene rings is 3. The van der Waals surface area contributed by atoms with Crippen molar-refractivity contribution >= 4 is 46.2 Å². The number of hydrogen-bond acceptors (Lipinski definition) is 9. The van der Waals surface area contributed by atoms with E-state index in [0.29, 0.717) is 26.1 Å². The molecule has 0 aliphatic rings. The fourth-order valence-corrected chi connectivity index (χ4v) is 5.49. The number of aromatic nitrogens is 4. The maximum Gasteiger partial charge on any atom is 0.407 e. The van der Waals surface area contributed by atoms with Crippen molar-refractivity contribution in [3.05, 3.63) is 72.4 Å². The summed E-state index contributed by atoms with van der Waals surface area (Å²) in [5.74, 6) is 1.62. The molecule has 0 fully saturated rings. The van der Waals surface area contributed by atoms with Gasteiger partial charge in [-0.1, -0.05) is 76.9 Å². The maximum absolute atomic E-state index is 11.8. The second-order valence-corrected chi connectivity index (χ2v) is 13.1. The highest BCUT2D eigenvalue weighted by molar-refractivity contribution is 5.99. The minimum Gasteiger partial charge on any atom is -0.471 e. The number of alkyl carbamates (subject to hydrolysis) is 1. The first-order chi connectivity index (χ1) is 27.7. The standard InChI is InChI=1S/C35H42N8O4.2C3H8.C2H4O2/c1-36-21-33(44)37-16-5-3-10-31-39-20-30(43-31)25-12-14-27-23(18-25)8-7-9-26(27)24-13-15-28-29(19-24)42-32(41-28)11-4-6-17-38-34(45)22-40-35(46)47-2;2*1-3-2;1-4-2-3/h7-9,12-15,18-20,36H,3-6,10-11,16-17,21-22H2,1-2H3,(H,37,44)(H,38,45)(H,39,43)(H,40,46)(H,41,42);2*3H2,1-2H3;2H,1H3. The maximum atomic E-state index is 11.8. The topological polar surface area (TPSA) is 192 Å². The van der Waals surface area contributed by atoms with Crippen LogP contribution in [0.25, 0.3) is 44.2 Å². The molecule has 3 aromatic carbocycles. The first kappa shape index (κ1) is 47.4. The molecule has 0 radical (unpaired) electrons. The lowest BCUT2D eigenvalue weighted by atomic mass is 9.96. The largest absolute Gasteiger partial charge is 0.471 e. The first-order valence-corrected chi connectivity index (χ1v) is 19.7. The Labute approximate surface area is 336 Å². The Balaban J connectivity index is 0.00000101. The number of nitrogens with zero attached hydrogens (tertiary/aromatic N) is 2. The number of unbranched alkanes of at least 4 members (excludes halogenated alkanes) is 2. The molecule has 0 atom stereocenters. The van der Waals surface area contributed by atoms with Gasteiger partial charge in [0.25, 0.3) is 6.47 Å². The van der Waals surface area contributed by atoms with Crippen molar-refractivity contribution in [2.75, 3.05) is 47.4 Å². The van der Waals surface area contributed by atoms with Crippen LogP contribution in [0.5, 0.6) is 0 Å². The second kappa shape index (κ2) is 27.8. The van der Waals surface area contributed by atoms with Gasteiger partial charge in [-0.25, -0.2) is 14.8 Å². The smallest absolute Gasteiger partial charge is 0.407 e. The van der Waals surface area contributed by atoms with E-state index in [1.54, 1.807) is 7.05 Å². The molecule has 0 aliphatic carbocycles. The van der Waals surface area contributed by atoms with E-state index >= 15 is 0 Å². The van der Waals surface area contributed by atoms with Crippen LogP contribution in [0.15, 0.2) is 60.8 Å². The lowest BCUT2D eigenvalue weighted by Crippen LogP contribution is -2.37. The molecule has 0 spiro atoms. The Morgan fingerprint density at radius 2 is 1.39 bits per heavy atom. The zero-order valence-corrected chi connectivity index (χ0v) is 34.7. The second-order valence-electron chi connectivity index (χ2n) is 13.1. The van der Waals surface area contributed by atoms with Crippen molar-refractivity contribution in [3.63, 3.8) is 0 Å². The molecule has 57 heavy (non-hydrogen) atoms. The molecule has 5 aromatic rings. The van der Waals surface area contributed by atoms with Crippen LogP contribution >= 0.6 is 0 Å². The van der Waals surface area contributed by atoms with Gasteiger partial charge in [0.15, 0.2) is 0 Å². The number of rotatable bonds is 17. The number of nitrogens with one attached hydrogen (secondary N) is 6. The zero-order chi connectivity index (χ0) is 41.8. The lowest BCUT2D eigenvalue weighted by Gasteiger charge is -2.09. The molecular weight excluding hydrogens is 725 g/mol. The molecule has 14 heteroatoms. The number of amides is 3. The van der Waals surface area contributed by atoms with E-state index in [1.165, 1.54) is 32.4 Å². The third kappa shape index (κ3) is 17.3. The Morgan fingerprint density at radius 1 is 0.754 bits per heavy atom. The number of H-pyrrole nitrogens is 2. The summed E-state index contributed by atoms with van der Waals surface area (Å²) in [6.45, 7) is 10.3. The summed E-state index contributed by atoms with van der Waals surface area (Å²) >= 11 is 0. The third-order valence-electron chi connectivity index (χ3n) is 8.00. The number of aryl methyl sites for hydroxylation is 2. The molecule has 0 saturated heterocycles. The molecule has 0 aliphatic heterocycles. The minimum atomic E-state index is -0.629. The number of carbonyl (C=O) groups excluding carboxylic acids is 4. The number of likely N-dealkylation sites (N-methyl/N-ethyl adjacent to an activating group) is 1. The van der Waals surface area contributed by atoms with Crippen LogP contribution < -0.4 is 21.3 Å². The molecule has 310 valence electrons. The van der Waals surface area contributed by atoms with Crippen molar-refractivity contribution in [1.82, 2.24) is 41.2 Å². The van der Waals surface area contributed by atoms with Gasteiger partial charge in [-0.3, -0.25) is 14.4 Å². The molecule has 2 aromatic heterocycles. The molecule has 0 saturated carbocycles. The lowest BCUT2D eigenvalue weighted by molar-refractivity contribution is -0.126. The van der Waals surface area contributed by atoms with Crippen molar-refractivity contribution < 1.29 is 28.7 Å². The van der Waals surface area contributed by atoms with E-state index in [2.05, 4.69) is 128 Å². The molecular formula is C43H62N8O6. The average molecular weight is 787 g/mol. The van der Waals surface area contributed by atoms with Gasteiger partial charge < -0.3 is 40.7 Å². The van der Waals surface area contributed by atoms with Crippen LogP contribution in [0.1, 0.15) is 77.9 Å². The monoisotopic (exact) mass is 786 g/mol. The number of methoxy groups -OCH3 is 2. The van der Waals surface area contributed by atoms with E-state index in [9.17, 15) is 14.4 Å². The van der Waals surface area contributed by atoms with Crippen molar-refractivity contribution in [1.29, 1.82) is 0 Å². The summed E-state index contributed by atoms with van der Waals surface area (Å²) in [4.78, 5) is 59.6. The van der Waals surface area contributed by atoms with Crippen LogP contribution in [0.4, 0.5) is 4.79 Å². The van der Waals surface area contributed by atoms with Crippen LogP contribution in [-0.4, -0.2) is 91.8 Å². The summed E-state index contributed by atoms with van der Waals surface area (Å²) in [5, 5.41) is 13.2. The van der Waals surface area contributed by atoms with Gasteiger partial charge in [0.05, 0.1) is 50.2 Å². The van der Waals surface area contributed by atoms with Gasteiger partial charge in [-0.2, -0.15) is 0 Å². The number of hydrogen-bond donors (Lipinski definition) is 6. The average Bonchev–Trinajstić information content (AvgIpc) is 3.87. The Kier molecular flexibility index (Phi) is 23.1. The van der Waals surface area contributed by atoms with Crippen molar-refractivity contribution in [2.45, 2.75) is 79.1 Å². The number of carbonyl (C=O) groups is 4. The van der Waals surface area contributed by atoms with E-state index in [0.717, 1.165) is 89.0 Å². The fourth-order valence-electron chi connectivity index (χ4n) is 5.49. The zero-order valence-electron chi connectivity index (χ0n) is 34.7. The van der Waals surface area contributed by atoms with Crippen molar-refractivity contribution in [2.24, 2.45) is 0 Å². The van der Waals surface area contributed by atoms with Crippen LogP contribution in [0.3, 0.4) is 0 Å². The molecule has 0 bridgehead atoms. The highest BCUT2D eigenvalue weighted by Gasteiger charge is 2.11. The highest BCUT2D eigenvalue weighted by Crippen LogP contribution is 2.33. The Bertz CT molecular complexity index is 1940. The van der Waals surface area contributed by atoms with Crippen LogP contribution in [-0.2, 0) is 36.7 Å². The quantitative estimate of drug-likeness (QED) is 0.0432. The molecule has 0 unspecified atom stereocenters. The van der Waals surface area contributed by atoms with Gasteiger partial charge >= 0.3 is 6.09 Å². The molecule has 6 N–H and O–H groups in total. The van der Waals surface area contributed by atoms with Gasteiger partial charge in [0.1, 0.15) is 11.6 Å². The Morgan fingerprint density at radius 3 is 2.02 bits per heavy atom. The Hall–Kier alpha value is -5.76. The van der Waals surface area contributed by atoms with Crippen LogP contribution in [0, 0.1) is 0 Å². The summed E-state index contributed by atoms with van der Waals surface area (Å²) in [7, 11) is 4.33. The number of imidazole rings is 2.